The van der Waals surface area contributed by atoms with Gasteiger partial charge in [0.15, 0.2) is 0 Å². The van der Waals surface area contributed by atoms with Gasteiger partial charge in [0.2, 0.25) is 0 Å². The summed E-state index contributed by atoms with van der Waals surface area (Å²) in [6.07, 6.45) is 1.89. The smallest absolute Gasteiger partial charge is 0.332 e. The Labute approximate surface area is 126 Å². The van der Waals surface area contributed by atoms with Gasteiger partial charge in [0.25, 0.3) is 5.56 Å². The van der Waals surface area contributed by atoms with Gasteiger partial charge in [0, 0.05) is 19.1 Å². The Morgan fingerprint density at radius 2 is 1.86 bits per heavy atom. The second-order valence-electron chi connectivity index (χ2n) is 6.67. The molecule has 1 aromatic heterocycles. The summed E-state index contributed by atoms with van der Waals surface area (Å²) >= 11 is 0. The minimum Gasteiger partial charge on any atom is -0.383 e. The summed E-state index contributed by atoms with van der Waals surface area (Å²) in [6, 6.07) is 0. The van der Waals surface area contributed by atoms with Gasteiger partial charge >= 0.3 is 5.69 Å². The average Bonchev–Trinajstić information content (AvgIpc) is 2.37. The molecule has 0 aliphatic rings. The first-order chi connectivity index (χ1) is 9.60. The number of nitrogen functional groups attached to an aromatic ring is 1. The molecule has 0 aliphatic carbocycles. The molecule has 0 bridgehead atoms. The van der Waals surface area contributed by atoms with Gasteiger partial charge in [0.05, 0.1) is 0 Å². The van der Waals surface area contributed by atoms with Crippen LogP contribution in [0, 0.1) is 5.92 Å². The molecule has 6 heteroatoms. The number of hydrogen-bond acceptors (Lipinski definition) is 4. The molecular weight excluding hydrogens is 268 g/mol. The summed E-state index contributed by atoms with van der Waals surface area (Å²) in [6.45, 7) is 10.6. The standard InChI is InChI=1S/C15H28N4O2/c1-7-8-15(4,5)17-11-12(16)19(9-10(2)3)14(21)18(6)13(11)20/h10,17H,7-9,16H2,1-6H3. The third-order valence-corrected chi connectivity index (χ3v) is 3.47. The molecule has 0 amide bonds. The average molecular weight is 296 g/mol. The highest BCUT2D eigenvalue weighted by Crippen LogP contribution is 2.21. The van der Waals surface area contributed by atoms with E-state index in [1.54, 1.807) is 0 Å². The number of nitrogens with two attached hydrogens (primary N) is 1. The number of nitrogens with one attached hydrogen (secondary N) is 1. The van der Waals surface area contributed by atoms with Crippen LogP contribution in [0.3, 0.4) is 0 Å². The van der Waals surface area contributed by atoms with Crippen LogP contribution in [-0.2, 0) is 13.6 Å². The molecule has 0 unspecified atom stereocenters. The Morgan fingerprint density at radius 3 is 2.33 bits per heavy atom. The lowest BCUT2D eigenvalue weighted by Crippen LogP contribution is -2.44. The Morgan fingerprint density at radius 1 is 1.29 bits per heavy atom. The molecule has 0 atom stereocenters. The number of aromatic nitrogens is 2. The second-order valence-corrected chi connectivity index (χ2v) is 6.67. The van der Waals surface area contributed by atoms with E-state index in [2.05, 4.69) is 12.2 Å². The summed E-state index contributed by atoms with van der Waals surface area (Å²) in [5.74, 6) is 0.486. The highest BCUT2D eigenvalue weighted by atomic mass is 16.2. The number of hydrogen-bond donors (Lipinski definition) is 2. The zero-order chi connectivity index (χ0) is 16.4. The molecule has 0 aromatic carbocycles. The number of rotatable bonds is 6. The van der Waals surface area contributed by atoms with Crippen molar-refractivity contribution < 1.29 is 0 Å². The lowest BCUT2D eigenvalue weighted by atomic mass is 9.98. The van der Waals surface area contributed by atoms with E-state index < -0.39 is 0 Å². The number of anilines is 2. The first-order valence-electron chi connectivity index (χ1n) is 7.48. The predicted molar refractivity (Wildman–Crippen MR) is 87.8 cm³/mol. The van der Waals surface area contributed by atoms with E-state index in [4.69, 9.17) is 5.73 Å². The van der Waals surface area contributed by atoms with Crippen LogP contribution in [0.4, 0.5) is 11.5 Å². The Bertz CT molecular complexity index is 611. The lowest BCUT2D eigenvalue weighted by molar-refractivity contribution is 0.486. The molecule has 0 spiro atoms. The fourth-order valence-corrected chi connectivity index (χ4v) is 2.47. The minimum absolute atomic E-state index is 0.223. The van der Waals surface area contributed by atoms with Crippen LogP contribution < -0.4 is 22.3 Å². The summed E-state index contributed by atoms with van der Waals surface area (Å²) in [4.78, 5) is 24.5. The van der Waals surface area contributed by atoms with Crippen LogP contribution in [0.15, 0.2) is 9.59 Å². The lowest BCUT2D eigenvalue weighted by Gasteiger charge is -2.28. The Balaban J connectivity index is 3.42. The van der Waals surface area contributed by atoms with Gasteiger partial charge in [-0.2, -0.15) is 0 Å². The van der Waals surface area contributed by atoms with E-state index in [0.717, 1.165) is 17.4 Å². The summed E-state index contributed by atoms with van der Waals surface area (Å²) in [5.41, 5.74) is 5.41. The van der Waals surface area contributed by atoms with Crippen molar-refractivity contribution in [2.24, 2.45) is 13.0 Å². The van der Waals surface area contributed by atoms with Crippen molar-refractivity contribution in [3.8, 4) is 0 Å². The van der Waals surface area contributed by atoms with Gasteiger partial charge in [-0.1, -0.05) is 27.2 Å². The molecule has 21 heavy (non-hydrogen) atoms. The largest absolute Gasteiger partial charge is 0.383 e. The highest BCUT2D eigenvalue weighted by Gasteiger charge is 2.22. The van der Waals surface area contributed by atoms with E-state index in [1.807, 2.05) is 27.7 Å². The van der Waals surface area contributed by atoms with Crippen molar-refractivity contribution in [3.63, 3.8) is 0 Å². The molecule has 0 aliphatic heterocycles. The van der Waals surface area contributed by atoms with Gasteiger partial charge in [0.1, 0.15) is 11.5 Å². The normalized spacial score (nSPS) is 12.0. The van der Waals surface area contributed by atoms with E-state index in [-0.39, 0.29) is 28.5 Å². The summed E-state index contributed by atoms with van der Waals surface area (Å²) in [5, 5.41) is 3.22. The molecule has 120 valence electrons. The van der Waals surface area contributed by atoms with Crippen LogP contribution in [0.2, 0.25) is 0 Å². The van der Waals surface area contributed by atoms with Gasteiger partial charge in [-0.15, -0.1) is 0 Å². The predicted octanol–water partition coefficient (Wildman–Crippen LogP) is 1.78. The minimum atomic E-state index is -0.373. The van der Waals surface area contributed by atoms with Gasteiger partial charge < -0.3 is 11.1 Å². The Kier molecular flexibility index (Phi) is 5.25. The molecule has 3 N–H and O–H groups in total. The van der Waals surface area contributed by atoms with Crippen LogP contribution >= 0.6 is 0 Å². The van der Waals surface area contributed by atoms with E-state index in [0.29, 0.717) is 12.2 Å². The van der Waals surface area contributed by atoms with Crippen molar-refractivity contribution in [1.82, 2.24) is 9.13 Å². The molecule has 0 saturated carbocycles. The SMILES string of the molecule is CCCC(C)(C)Nc1c(N)n(CC(C)C)c(=O)n(C)c1=O. The molecule has 6 nitrogen and oxygen atoms in total. The quantitative estimate of drug-likeness (QED) is 0.838. The molecule has 0 radical (unpaired) electrons. The fraction of sp³-hybridized carbons (Fsp3) is 0.733. The van der Waals surface area contributed by atoms with E-state index >= 15 is 0 Å². The summed E-state index contributed by atoms with van der Waals surface area (Å²) < 4.78 is 2.58. The maximum absolute atomic E-state index is 12.3. The highest BCUT2D eigenvalue weighted by molar-refractivity contribution is 5.61. The van der Waals surface area contributed by atoms with Crippen LogP contribution in [-0.4, -0.2) is 14.7 Å². The van der Waals surface area contributed by atoms with Crippen molar-refractivity contribution in [3.05, 3.63) is 20.8 Å². The Hall–Kier alpha value is -1.72. The number of nitrogens with zero attached hydrogens (tertiary/aromatic N) is 2. The first kappa shape index (κ1) is 17.3. The molecule has 1 rings (SSSR count). The third-order valence-electron chi connectivity index (χ3n) is 3.47. The maximum Gasteiger partial charge on any atom is 0.332 e. The fourth-order valence-electron chi connectivity index (χ4n) is 2.47. The van der Waals surface area contributed by atoms with Crippen molar-refractivity contribution >= 4 is 11.5 Å². The monoisotopic (exact) mass is 296 g/mol. The van der Waals surface area contributed by atoms with Crippen LogP contribution in [0.25, 0.3) is 0 Å². The van der Waals surface area contributed by atoms with Crippen molar-refractivity contribution in [2.45, 2.75) is 59.5 Å². The van der Waals surface area contributed by atoms with Gasteiger partial charge in [-0.05, 0) is 26.2 Å². The van der Waals surface area contributed by atoms with E-state index in [9.17, 15) is 9.59 Å². The maximum atomic E-state index is 12.3. The topological polar surface area (TPSA) is 82.0 Å². The summed E-state index contributed by atoms with van der Waals surface area (Å²) in [7, 11) is 1.49. The second kappa shape index (κ2) is 6.37. The van der Waals surface area contributed by atoms with Crippen LogP contribution in [0.5, 0.6) is 0 Å². The zero-order valence-corrected chi connectivity index (χ0v) is 14.0. The molecule has 1 heterocycles. The van der Waals surface area contributed by atoms with E-state index in [1.165, 1.54) is 11.6 Å². The molecule has 1 aromatic rings. The first-order valence-corrected chi connectivity index (χ1v) is 7.48. The zero-order valence-electron chi connectivity index (χ0n) is 14.0. The van der Waals surface area contributed by atoms with Gasteiger partial charge in [-0.25, -0.2) is 4.79 Å². The van der Waals surface area contributed by atoms with Gasteiger partial charge in [-0.3, -0.25) is 13.9 Å². The molecule has 0 fully saturated rings. The molecule has 0 saturated heterocycles. The van der Waals surface area contributed by atoms with Crippen molar-refractivity contribution in [2.75, 3.05) is 11.1 Å². The van der Waals surface area contributed by atoms with Crippen molar-refractivity contribution in [1.29, 1.82) is 0 Å². The van der Waals surface area contributed by atoms with Crippen LogP contribution in [0.1, 0.15) is 47.5 Å². The molecular formula is C15H28N4O2. The third kappa shape index (κ3) is 3.89.